The van der Waals surface area contributed by atoms with E-state index >= 15 is 0 Å². The molecular weight excluding hydrogens is 230 g/mol. The van der Waals surface area contributed by atoms with Crippen LogP contribution in [0.2, 0.25) is 0 Å². The summed E-state index contributed by atoms with van der Waals surface area (Å²) in [5.41, 5.74) is 0.375. The number of hydrogen-bond donors (Lipinski definition) is 0. The molecule has 2 fully saturated rings. The molecule has 1 saturated heterocycles. The van der Waals surface area contributed by atoms with E-state index in [9.17, 15) is 0 Å². The van der Waals surface area contributed by atoms with Crippen LogP contribution < -0.4 is 0 Å². The second-order valence-corrected chi connectivity index (χ2v) is 8.41. The van der Waals surface area contributed by atoms with Crippen LogP contribution in [0.1, 0.15) is 73.1 Å². The molecule has 112 valence electrons. The number of nitrogens with zero attached hydrogens (tertiary/aromatic N) is 1. The summed E-state index contributed by atoms with van der Waals surface area (Å²) >= 11 is 0. The summed E-state index contributed by atoms with van der Waals surface area (Å²) < 4.78 is 0. The molecule has 19 heavy (non-hydrogen) atoms. The Balaban J connectivity index is 1.77. The Hall–Kier alpha value is -0.0400. The van der Waals surface area contributed by atoms with Crippen LogP contribution in [0, 0.1) is 23.7 Å². The zero-order valence-corrected chi connectivity index (χ0v) is 13.9. The number of piperidine rings is 1. The summed E-state index contributed by atoms with van der Waals surface area (Å²) in [6, 6.07) is 0. The van der Waals surface area contributed by atoms with Crippen molar-refractivity contribution < 1.29 is 0 Å². The van der Waals surface area contributed by atoms with Gasteiger partial charge in [0, 0.05) is 5.54 Å². The lowest BCUT2D eigenvalue weighted by Crippen LogP contribution is -2.47. The van der Waals surface area contributed by atoms with E-state index in [-0.39, 0.29) is 0 Å². The highest BCUT2D eigenvalue weighted by atomic mass is 15.2. The van der Waals surface area contributed by atoms with Crippen LogP contribution in [0.5, 0.6) is 0 Å². The lowest BCUT2D eigenvalue weighted by molar-refractivity contribution is 0.0560. The lowest BCUT2D eigenvalue weighted by atomic mass is 9.70. The summed E-state index contributed by atoms with van der Waals surface area (Å²) in [6.45, 7) is 14.6. The molecule has 0 aromatic heterocycles. The van der Waals surface area contributed by atoms with Gasteiger partial charge in [-0.3, -0.25) is 4.90 Å². The van der Waals surface area contributed by atoms with Gasteiger partial charge >= 0.3 is 0 Å². The Morgan fingerprint density at radius 2 is 1.26 bits per heavy atom. The molecular formula is C18H35N. The quantitative estimate of drug-likeness (QED) is 0.682. The maximum Gasteiger partial charge on any atom is 0.0125 e. The molecule has 1 heterocycles. The third-order valence-electron chi connectivity index (χ3n) is 5.91. The first-order valence-corrected chi connectivity index (χ1v) is 8.63. The summed E-state index contributed by atoms with van der Waals surface area (Å²) in [6.07, 6.45) is 8.94. The predicted octanol–water partition coefficient (Wildman–Crippen LogP) is 4.96. The van der Waals surface area contributed by atoms with Crippen molar-refractivity contribution in [3.8, 4) is 0 Å². The summed E-state index contributed by atoms with van der Waals surface area (Å²) in [5, 5.41) is 0. The van der Waals surface area contributed by atoms with E-state index in [0.717, 1.165) is 23.7 Å². The molecule has 1 nitrogen and oxygen atoms in total. The highest BCUT2D eigenvalue weighted by Crippen LogP contribution is 2.40. The van der Waals surface area contributed by atoms with Gasteiger partial charge in [-0.05, 0) is 96.1 Å². The Labute approximate surface area is 121 Å². The van der Waals surface area contributed by atoms with Gasteiger partial charge in [-0.25, -0.2) is 0 Å². The maximum atomic E-state index is 2.68. The molecule has 0 spiro atoms. The van der Waals surface area contributed by atoms with Gasteiger partial charge in [-0.15, -0.1) is 0 Å². The average Bonchev–Trinajstić information content (AvgIpc) is 2.38. The van der Waals surface area contributed by atoms with Crippen molar-refractivity contribution in [3.63, 3.8) is 0 Å². The van der Waals surface area contributed by atoms with Gasteiger partial charge in [0.05, 0.1) is 0 Å². The minimum atomic E-state index is 0.375. The van der Waals surface area contributed by atoms with Crippen molar-refractivity contribution in [2.45, 2.75) is 78.7 Å². The van der Waals surface area contributed by atoms with Crippen LogP contribution in [-0.2, 0) is 0 Å². The van der Waals surface area contributed by atoms with E-state index < -0.39 is 0 Å². The maximum absolute atomic E-state index is 2.68. The van der Waals surface area contributed by atoms with Crippen LogP contribution >= 0.6 is 0 Å². The number of likely N-dealkylation sites (tertiary alicyclic amines) is 1. The average molecular weight is 265 g/mol. The molecule has 0 unspecified atom stereocenters. The third-order valence-corrected chi connectivity index (χ3v) is 5.91. The zero-order valence-electron chi connectivity index (χ0n) is 13.9. The van der Waals surface area contributed by atoms with Gasteiger partial charge < -0.3 is 0 Å². The molecule has 2 aliphatic rings. The monoisotopic (exact) mass is 265 g/mol. The Morgan fingerprint density at radius 1 is 0.789 bits per heavy atom. The van der Waals surface area contributed by atoms with Gasteiger partial charge in [0.1, 0.15) is 0 Å². The van der Waals surface area contributed by atoms with Gasteiger partial charge in [0.2, 0.25) is 0 Å². The van der Waals surface area contributed by atoms with E-state index in [2.05, 4.69) is 39.5 Å². The van der Waals surface area contributed by atoms with Crippen molar-refractivity contribution in [2.75, 3.05) is 13.1 Å². The first-order chi connectivity index (χ1) is 8.88. The topological polar surface area (TPSA) is 3.24 Å². The molecule has 0 atom stereocenters. The lowest BCUT2D eigenvalue weighted by Gasteiger charge is -2.44. The highest BCUT2D eigenvalue weighted by Gasteiger charge is 2.33. The minimum absolute atomic E-state index is 0.375. The highest BCUT2D eigenvalue weighted by molar-refractivity contribution is 4.86. The molecule has 0 aromatic rings. The molecule has 0 N–H and O–H groups in total. The Morgan fingerprint density at radius 3 is 1.68 bits per heavy atom. The van der Waals surface area contributed by atoms with Crippen molar-refractivity contribution >= 4 is 0 Å². The number of rotatable bonds is 2. The molecule has 1 heteroatoms. The predicted molar refractivity (Wildman–Crippen MR) is 84.3 cm³/mol. The molecule has 0 bridgehead atoms. The van der Waals surface area contributed by atoms with Crippen molar-refractivity contribution in [3.05, 3.63) is 0 Å². The molecule has 1 saturated carbocycles. The molecule has 2 rings (SSSR count). The third kappa shape index (κ3) is 3.97. The van der Waals surface area contributed by atoms with Crippen LogP contribution in [0.15, 0.2) is 0 Å². The van der Waals surface area contributed by atoms with Gasteiger partial charge in [0.15, 0.2) is 0 Å². The van der Waals surface area contributed by atoms with E-state index in [1.165, 1.54) is 51.6 Å². The molecule has 1 aliphatic carbocycles. The standard InChI is InChI=1S/C18H35N/c1-14(2)15-6-8-16(9-7-15)17-10-12-19(13-11-17)18(3,4)5/h14-17H,6-13H2,1-5H3. The van der Waals surface area contributed by atoms with Gasteiger partial charge in [-0.1, -0.05) is 13.8 Å². The van der Waals surface area contributed by atoms with Crippen molar-refractivity contribution in [1.82, 2.24) is 4.90 Å². The van der Waals surface area contributed by atoms with Crippen LogP contribution in [-0.4, -0.2) is 23.5 Å². The summed E-state index contributed by atoms with van der Waals surface area (Å²) in [4.78, 5) is 2.68. The van der Waals surface area contributed by atoms with Crippen LogP contribution in [0.25, 0.3) is 0 Å². The molecule has 1 aliphatic heterocycles. The Bertz CT molecular complexity index is 260. The van der Waals surface area contributed by atoms with E-state index in [1.54, 1.807) is 0 Å². The summed E-state index contributed by atoms with van der Waals surface area (Å²) in [7, 11) is 0. The van der Waals surface area contributed by atoms with E-state index in [0.29, 0.717) is 5.54 Å². The summed E-state index contributed by atoms with van der Waals surface area (Å²) in [5.74, 6) is 4.01. The number of hydrogen-bond acceptors (Lipinski definition) is 1. The van der Waals surface area contributed by atoms with Crippen LogP contribution in [0.3, 0.4) is 0 Å². The zero-order chi connectivity index (χ0) is 14.0. The van der Waals surface area contributed by atoms with E-state index in [1.807, 2.05) is 0 Å². The first-order valence-electron chi connectivity index (χ1n) is 8.63. The van der Waals surface area contributed by atoms with Crippen molar-refractivity contribution in [2.24, 2.45) is 23.7 Å². The Kier molecular flexibility index (Phi) is 4.98. The molecule has 0 amide bonds. The minimum Gasteiger partial charge on any atom is -0.298 e. The van der Waals surface area contributed by atoms with Crippen LogP contribution in [0.4, 0.5) is 0 Å². The fraction of sp³-hybridized carbons (Fsp3) is 1.00. The second kappa shape index (κ2) is 6.16. The van der Waals surface area contributed by atoms with Gasteiger partial charge in [-0.2, -0.15) is 0 Å². The molecule has 0 aromatic carbocycles. The van der Waals surface area contributed by atoms with Crippen molar-refractivity contribution in [1.29, 1.82) is 0 Å². The largest absolute Gasteiger partial charge is 0.298 e. The van der Waals surface area contributed by atoms with E-state index in [4.69, 9.17) is 0 Å². The normalized spacial score (nSPS) is 31.9. The smallest absolute Gasteiger partial charge is 0.0125 e. The molecule has 0 radical (unpaired) electrons. The first kappa shape index (κ1) is 15.4. The second-order valence-electron chi connectivity index (χ2n) is 8.41. The SMILES string of the molecule is CC(C)C1CCC(C2CCN(C(C)(C)C)CC2)CC1. The fourth-order valence-corrected chi connectivity index (χ4v) is 4.32. The van der Waals surface area contributed by atoms with Gasteiger partial charge in [0.25, 0.3) is 0 Å². The fourth-order valence-electron chi connectivity index (χ4n) is 4.32.